The number of hydrogen-bond acceptors (Lipinski definition) is 4. The van der Waals surface area contributed by atoms with Gasteiger partial charge in [0.1, 0.15) is 0 Å². The van der Waals surface area contributed by atoms with Crippen LogP contribution >= 0.6 is 0 Å². The summed E-state index contributed by atoms with van der Waals surface area (Å²) in [5.74, 6) is -0.645. The van der Waals surface area contributed by atoms with E-state index in [-0.39, 0.29) is 11.9 Å². The van der Waals surface area contributed by atoms with E-state index in [2.05, 4.69) is 6.58 Å². The molecule has 25 heavy (non-hydrogen) atoms. The number of allylic oxidation sites excluding steroid dienone is 1. The maximum Gasteiger partial charge on any atom is 0.309 e. The zero-order valence-corrected chi connectivity index (χ0v) is 15.8. The third-order valence-corrected chi connectivity index (χ3v) is 9.30. The summed E-state index contributed by atoms with van der Waals surface area (Å²) in [6.07, 6.45) is 3.93. The van der Waals surface area contributed by atoms with Crippen LogP contribution in [0.3, 0.4) is 0 Å². The highest BCUT2D eigenvalue weighted by Gasteiger charge is 2.65. The fourth-order valence-corrected chi connectivity index (χ4v) is 7.29. The summed E-state index contributed by atoms with van der Waals surface area (Å²) in [6, 6.07) is 8.62. The van der Waals surface area contributed by atoms with Crippen LogP contribution in [0.5, 0.6) is 0 Å². The summed E-state index contributed by atoms with van der Waals surface area (Å²) in [7, 11) is -2.19. The molecule has 0 amide bonds. The van der Waals surface area contributed by atoms with Crippen LogP contribution < -0.4 is 0 Å². The minimum atomic E-state index is -3.58. The van der Waals surface area contributed by atoms with Gasteiger partial charge in [-0.25, -0.2) is 8.42 Å². The highest BCUT2D eigenvalue weighted by molar-refractivity contribution is 7.92. The number of sulfone groups is 1. The van der Waals surface area contributed by atoms with E-state index in [0.29, 0.717) is 30.6 Å². The first-order valence-electron chi connectivity index (χ1n) is 8.83. The van der Waals surface area contributed by atoms with Crippen LogP contribution in [0.15, 0.2) is 47.4 Å². The Morgan fingerprint density at radius 3 is 2.32 bits per heavy atom. The van der Waals surface area contributed by atoms with Crippen LogP contribution in [-0.2, 0) is 19.4 Å². The second-order valence-electron chi connectivity index (χ2n) is 7.57. The predicted octanol–water partition coefficient (Wildman–Crippen LogP) is 3.92. The molecule has 2 saturated carbocycles. The first-order valence-corrected chi connectivity index (χ1v) is 10.3. The van der Waals surface area contributed by atoms with Crippen LogP contribution in [0.2, 0.25) is 0 Å². The van der Waals surface area contributed by atoms with Gasteiger partial charge in [0.2, 0.25) is 0 Å². The smallest absolute Gasteiger partial charge is 0.309 e. The molecule has 0 N–H and O–H groups in total. The quantitative estimate of drug-likeness (QED) is 0.604. The van der Waals surface area contributed by atoms with Crippen molar-refractivity contribution in [2.24, 2.45) is 11.3 Å². The van der Waals surface area contributed by atoms with Crippen molar-refractivity contribution in [1.82, 2.24) is 0 Å². The Balaban J connectivity index is 2.13. The van der Waals surface area contributed by atoms with Gasteiger partial charge in [0.05, 0.1) is 22.7 Å². The molecule has 3 rings (SSSR count). The third kappa shape index (κ3) is 2.55. The van der Waals surface area contributed by atoms with Gasteiger partial charge in [-0.3, -0.25) is 4.79 Å². The van der Waals surface area contributed by atoms with Crippen molar-refractivity contribution in [2.75, 3.05) is 7.11 Å². The van der Waals surface area contributed by atoms with E-state index in [4.69, 9.17) is 4.74 Å². The SMILES string of the molecule is C=C1CCC2(CC1)[C@@H](C(=O)OC)CC[C@@]2(C)S(=O)(=O)c1ccccc1. The summed E-state index contributed by atoms with van der Waals surface area (Å²) in [5.41, 5.74) is 0.552. The molecule has 0 aromatic heterocycles. The van der Waals surface area contributed by atoms with Crippen molar-refractivity contribution < 1.29 is 17.9 Å². The van der Waals surface area contributed by atoms with Gasteiger partial charge in [0.15, 0.2) is 9.84 Å². The minimum absolute atomic E-state index is 0.278. The van der Waals surface area contributed by atoms with Crippen molar-refractivity contribution >= 4 is 15.8 Å². The molecule has 136 valence electrons. The normalized spacial score (nSPS) is 28.9. The number of ether oxygens (including phenoxy) is 1. The second kappa shape index (κ2) is 6.27. The van der Waals surface area contributed by atoms with Crippen LogP contribution in [0, 0.1) is 11.3 Å². The van der Waals surface area contributed by atoms with Crippen LogP contribution in [0.1, 0.15) is 45.4 Å². The molecule has 0 radical (unpaired) electrons. The number of benzene rings is 1. The van der Waals surface area contributed by atoms with Gasteiger partial charge in [-0.05, 0) is 57.6 Å². The van der Waals surface area contributed by atoms with Crippen LogP contribution in [0.4, 0.5) is 0 Å². The Hall–Kier alpha value is -1.62. The second-order valence-corrected chi connectivity index (χ2v) is 9.95. The van der Waals surface area contributed by atoms with Crippen molar-refractivity contribution in [3.8, 4) is 0 Å². The maximum atomic E-state index is 13.6. The number of rotatable bonds is 3. The Morgan fingerprint density at radius 1 is 1.16 bits per heavy atom. The van der Waals surface area contributed by atoms with Gasteiger partial charge in [-0.1, -0.05) is 30.4 Å². The summed E-state index contributed by atoms with van der Waals surface area (Å²) < 4.78 is 31.3. The summed E-state index contributed by atoms with van der Waals surface area (Å²) >= 11 is 0. The predicted molar refractivity (Wildman–Crippen MR) is 96.8 cm³/mol. The number of carbonyl (C=O) groups excluding carboxylic acids is 1. The van der Waals surface area contributed by atoms with E-state index in [1.165, 1.54) is 7.11 Å². The van der Waals surface area contributed by atoms with Crippen molar-refractivity contribution in [3.63, 3.8) is 0 Å². The Morgan fingerprint density at radius 2 is 1.76 bits per heavy atom. The molecule has 0 aliphatic heterocycles. The fraction of sp³-hybridized carbons (Fsp3) is 0.550. The average molecular weight is 362 g/mol. The average Bonchev–Trinajstić information content (AvgIpc) is 2.92. The lowest BCUT2D eigenvalue weighted by Crippen LogP contribution is -2.53. The monoisotopic (exact) mass is 362 g/mol. The Bertz CT molecular complexity index is 771. The lowest BCUT2D eigenvalue weighted by Gasteiger charge is -2.48. The lowest BCUT2D eigenvalue weighted by atomic mass is 9.62. The molecule has 0 heterocycles. The molecule has 2 fully saturated rings. The molecule has 2 aliphatic rings. The molecular weight excluding hydrogens is 336 g/mol. The maximum absolute atomic E-state index is 13.6. The number of methoxy groups -OCH3 is 1. The molecule has 2 atom stereocenters. The van der Waals surface area contributed by atoms with Gasteiger partial charge < -0.3 is 4.74 Å². The summed E-state index contributed by atoms with van der Waals surface area (Å²) in [5, 5.41) is 0. The molecule has 2 aliphatic carbocycles. The van der Waals surface area contributed by atoms with Gasteiger partial charge >= 0.3 is 5.97 Å². The van der Waals surface area contributed by atoms with E-state index in [0.717, 1.165) is 18.4 Å². The molecule has 5 heteroatoms. The Labute approximate surface area is 150 Å². The van der Waals surface area contributed by atoms with E-state index < -0.39 is 20.0 Å². The van der Waals surface area contributed by atoms with Crippen LogP contribution in [0.25, 0.3) is 0 Å². The standard InChI is InChI=1S/C20H26O4S/c1-15-9-13-20(14-10-15)17(18(21)24-3)11-12-19(20,2)25(22,23)16-7-5-4-6-8-16/h4-8,17H,1,9-14H2,2-3H3/t17-,19-/m1/s1. The van der Waals surface area contributed by atoms with Gasteiger partial charge in [-0.2, -0.15) is 0 Å². The molecular formula is C20H26O4S. The highest BCUT2D eigenvalue weighted by Crippen LogP contribution is 2.63. The molecule has 4 nitrogen and oxygen atoms in total. The highest BCUT2D eigenvalue weighted by atomic mass is 32.2. The van der Waals surface area contributed by atoms with Gasteiger partial charge in [0.25, 0.3) is 0 Å². The lowest BCUT2D eigenvalue weighted by molar-refractivity contribution is -0.150. The summed E-state index contributed by atoms with van der Waals surface area (Å²) in [6.45, 7) is 5.90. The molecule has 0 unspecified atom stereocenters. The van der Waals surface area contributed by atoms with E-state index in [1.54, 1.807) is 24.3 Å². The zero-order valence-electron chi connectivity index (χ0n) is 15.0. The minimum Gasteiger partial charge on any atom is -0.469 e. The van der Waals surface area contributed by atoms with E-state index in [9.17, 15) is 13.2 Å². The molecule has 1 aromatic carbocycles. The van der Waals surface area contributed by atoms with Crippen molar-refractivity contribution in [1.29, 1.82) is 0 Å². The zero-order chi connectivity index (χ0) is 18.3. The number of carbonyl (C=O) groups is 1. The van der Waals surface area contributed by atoms with Gasteiger partial charge in [-0.15, -0.1) is 0 Å². The first-order chi connectivity index (χ1) is 11.8. The fourth-order valence-electron chi connectivity index (χ4n) is 4.99. The Kier molecular flexibility index (Phi) is 4.56. The largest absolute Gasteiger partial charge is 0.469 e. The van der Waals surface area contributed by atoms with E-state index >= 15 is 0 Å². The number of esters is 1. The van der Waals surface area contributed by atoms with Crippen molar-refractivity contribution in [2.45, 2.75) is 55.1 Å². The van der Waals surface area contributed by atoms with E-state index in [1.807, 2.05) is 13.0 Å². The van der Waals surface area contributed by atoms with Gasteiger partial charge in [0, 0.05) is 5.41 Å². The molecule has 0 bridgehead atoms. The van der Waals surface area contributed by atoms with Crippen molar-refractivity contribution in [3.05, 3.63) is 42.5 Å². The van der Waals surface area contributed by atoms with Crippen LogP contribution in [-0.4, -0.2) is 26.2 Å². The third-order valence-electron chi connectivity index (χ3n) is 6.61. The topological polar surface area (TPSA) is 60.4 Å². The number of hydrogen-bond donors (Lipinski definition) is 0. The molecule has 1 aromatic rings. The molecule has 1 spiro atoms. The molecule has 0 saturated heterocycles. The first kappa shape index (κ1) is 18.2. The summed E-state index contributed by atoms with van der Waals surface area (Å²) in [4.78, 5) is 12.8.